The summed E-state index contributed by atoms with van der Waals surface area (Å²) in [5, 5.41) is 3.87. The van der Waals surface area contributed by atoms with Gasteiger partial charge in [-0.2, -0.15) is 0 Å². The van der Waals surface area contributed by atoms with Crippen molar-refractivity contribution >= 4 is 26.8 Å². The molecule has 0 unspecified atom stereocenters. The summed E-state index contributed by atoms with van der Waals surface area (Å²) in [7, 11) is 1.23. The van der Waals surface area contributed by atoms with Gasteiger partial charge in [0.25, 0.3) is 0 Å². The number of aryl methyl sites for hydroxylation is 1. The zero-order chi connectivity index (χ0) is 9.52. The van der Waals surface area contributed by atoms with Gasteiger partial charge in [-0.1, -0.05) is 43.9 Å². The van der Waals surface area contributed by atoms with Gasteiger partial charge in [0.2, 0.25) is 0 Å². The van der Waals surface area contributed by atoms with E-state index in [4.69, 9.17) is 0 Å². The summed E-state index contributed by atoms with van der Waals surface area (Å²) < 4.78 is 0. The second-order valence-electron chi connectivity index (χ2n) is 3.69. The molecule has 0 aliphatic heterocycles. The number of hydrogen-bond acceptors (Lipinski definition) is 1. The molecule has 0 aliphatic carbocycles. The SMILES string of the molecule is CCCCCCCc1sccc1[SiH3]. The summed E-state index contributed by atoms with van der Waals surface area (Å²) in [6.45, 7) is 2.27. The lowest BCUT2D eigenvalue weighted by atomic mass is 10.1. The highest BCUT2D eigenvalue weighted by molar-refractivity contribution is 7.11. The van der Waals surface area contributed by atoms with E-state index in [1.54, 1.807) is 10.1 Å². The summed E-state index contributed by atoms with van der Waals surface area (Å²) in [5.41, 5.74) is 0. The molecule has 0 bridgehead atoms. The molecule has 0 radical (unpaired) electrons. The number of unbranched alkanes of at least 4 members (excludes halogenated alkanes) is 4. The molecule has 1 rings (SSSR count). The molecule has 0 atom stereocenters. The first-order chi connectivity index (χ1) is 6.34. The van der Waals surface area contributed by atoms with Crippen molar-refractivity contribution in [3.63, 3.8) is 0 Å². The fourth-order valence-electron chi connectivity index (χ4n) is 1.55. The molecular formula is C11H20SSi. The van der Waals surface area contributed by atoms with Crippen molar-refractivity contribution in [3.05, 3.63) is 16.3 Å². The molecule has 13 heavy (non-hydrogen) atoms. The van der Waals surface area contributed by atoms with Gasteiger partial charge < -0.3 is 0 Å². The Kier molecular flexibility index (Phi) is 5.40. The average Bonchev–Trinajstić information content (AvgIpc) is 2.52. The van der Waals surface area contributed by atoms with Crippen LogP contribution >= 0.6 is 11.3 Å². The van der Waals surface area contributed by atoms with Gasteiger partial charge in [0.15, 0.2) is 0 Å². The summed E-state index contributed by atoms with van der Waals surface area (Å²) in [5.74, 6) is 0. The van der Waals surface area contributed by atoms with Crippen LogP contribution in [0.3, 0.4) is 0 Å². The van der Waals surface area contributed by atoms with Gasteiger partial charge in [0, 0.05) is 15.1 Å². The van der Waals surface area contributed by atoms with E-state index in [9.17, 15) is 0 Å². The molecule has 2 heteroatoms. The third-order valence-electron chi connectivity index (χ3n) is 2.48. The van der Waals surface area contributed by atoms with Crippen molar-refractivity contribution in [1.82, 2.24) is 0 Å². The van der Waals surface area contributed by atoms with Crippen LogP contribution in [0, 0.1) is 0 Å². The van der Waals surface area contributed by atoms with Crippen LogP contribution < -0.4 is 5.19 Å². The Morgan fingerprint density at radius 2 is 2.00 bits per heavy atom. The molecular weight excluding hydrogens is 192 g/mol. The molecule has 0 fully saturated rings. The lowest BCUT2D eigenvalue weighted by Gasteiger charge is -1.99. The van der Waals surface area contributed by atoms with E-state index >= 15 is 0 Å². The largest absolute Gasteiger partial charge is 0.149 e. The van der Waals surface area contributed by atoms with Crippen LogP contribution in [0.1, 0.15) is 43.9 Å². The molecule has 0 N–H and O–H groups in total. The lowest BCUT2D eigenvalue weighted by Crippen LogP contribution is -2.03. The molecule has 0 saturated heterocycles. The minimum atomic E-state index is 1.23. The summed E-state index contributed by atoms with van der Waals surface area (Å²) in [6, 6.07) is 2.29. The summed E-state index contributed by atoms with van der Waals surface area (Å²) in [6.07, 6.45) is 8.35. The zero-order valence-electron chi connectivity index (χ0n) is 8.81. The summed E-state index contributed by atoms with van der Waals surface area (Å²) in [4.78, 5) is 1.66. The Hall–Kier alpha value is -0.0831. The van der Waals surface area contributed by atoms with Crippen molar-refractivity contribution in [2.45, 2.75) is 45.4 Å². The van der Waals surface area contributed by atoms with Crippen molar-refractivity contribution in [1.29, 1.82) is 0 Å². The lowest BCUT2D eigenvalue weighted by molar-refractivity contribution is 0.635. The molecule has 0 spiro atoms. The minimum absolute atomic E-state index is 1.23. The quantitative estimate of drug-likeness (QED) is 0.501. The molecule has 0 saturated carbocycles. The predicted molar refractivity (Wildman–Crippen MR) is 66.4 cm³/mol. The first-order valence-electron chi connectivity index (χ1n) is 5.37. The zero-order valence-corrected chi connectivity index (χ0v) is 11.6. The van der Waals surface area contributed by atoms with Crippen LogP contribution in [0.25, 0.3) is 0 Å². The van der Waals surface area contributed by atoms with Crippen molar-refractivity contribution in [3.8, 4) is 0 Å². The first-order valence-corrected chi connectivity index (χ1v) is 7.25. The molecule has 0 aromatic carbocycles. The van der Waals surface area contributed by atoms with Crippen molar-refractivity contribution in [2.75, 3.05) is 0 Å². The average molecular weight is 212 g/mol. The molecule has 74 valence electrons. The Bertz CT molecular complexity index is 230. The monoisotopic (exact) mass is 212 g/mol. The van der Waals surface area contributed by atoms with Crippen LogP contribution in [0.2, 0.25) is 0 Å². The summed E-state index contributed by atoms with van der Waals surface area (Å²) >= 11 is 1.95. The highest BCUT2D eigenvalue weighted by Gasteiger charge is 1.98. The topological polar surface area (TPSA) is 0 Å². The van der Waals surface area contributed by atoms with E-state index < -0.39 is 0 Å². The Morgan fingerprint density at radius 1 is 1.23 bits per heavy atom. The molecule has 1 aromatic rings. The maximum atomic E-state index is 2.29. The minimum Gasteiger partial charge on any atom is -0.149 e. The van der Waals surface area contributed by atoms with Gasteiger partial charge in [0.05, 0.1) is 0 Å². The number of thiophene rings is 1. The van der Waals surface area contributed by atoms with Gasteiger partial charge in [-0.25, -0.2) is 0 Å². The predicted octanol–water partition coefficient (Wildman–Crippen LogP) is 2.25. The highest BCUT2D eigenvalue weighted by atomic mass is 32.1. The van der Waals surface area contributed by atoms with Crippen molar-refractivity contribution in [2.24, 2.45) is 0 Å². The second-order valence-corrected chi connectivity index (χ2v) is 5.77. The third-order valence-corrected chi connectivity index (χ3v) is 4.86. The number of rotatable bonds is 6. The normalized spacial score (nSPS) is 10.8. The van der Waals surface area contributed by atoms with E-state index in [-0.39, 0.29) is 0 Å². The molecule has 1 aromatic heterocycles. The van der Waals surface area contributed by atoms with Crippen LogP contribution in [0.15, 0.2) is 11.4 Å². The smallest absolute Gasteiger partial charge is 0.0399 e. The van der Waals surface area contributed by atoms with Gasteiger partial charge in [-0.05, 0) is 18.2 Å². The Morgan fingerprint density at radius 3 is 2.62 bits per heavy atom. The molecule has 0 amide bonds. The number of hydrogen-bond donors (Lipinski definition) is 0. The Balaban J connectivity index is 2.10. The van der Waals surface area contributed by atoms with E-state index in [0.29, 0.717) is 0 Å². The third kappa shape index (κ3) is 4.10. The van der Waals surface area contributed by atoms with E-state index in [1.807, 2.05) is 11.3 Å². The van der Waals surface area contributed by atoms with E-state index in [2.05, 4.69) is 18.4 Å². The van der Waals surface area contributed by atoms with Crippen molar-refractivity contribution < 1.29 is 0 Å². The highest BCUT2D eigenvalue weighted by Crippen LogP contribution is 2.11. The van der Waals surface area contributed by atoms with Gasteiger partial charge in [-0.3, -0.25) is 0 Å². The van der Waals surface area contributed by atoms with Crippen LogP contribution in [0.4, 0.5) is 0 Å². The van der Waals surface area contributed by atoms with Crippen LogP contribution in [0.5, 0.6) is 0 Å². The maximum Gasteiger partial charge on any atom is 0.0399 e. The van der Waals surface area contributed by atoms with Crippen LogP contribution in [-0.2, 0) is 6.42 Å². The van der Waals surface area contributed by atoms with E-state index in [1.165, 1.54) is 48.8 Å². The maximum absolute atomic E-state index is 2.29. The first kappa shape index (κ1) is 11.0. The Labute approximate surface area is 88.8 Å². The standard InChI is InChI=1S/C11H20SSi/c1-2-3-4-5-6-7-10-11(13)8-9-12-10/h8-9H,2-7H2,1,13H3. The fraction of sp³-hybridized carbons (Fsp3) is 0.636. The van der Waals surface area contributed by atoms with Crippen LogP contribution in [-0.4, -0.2) is 10.2 Å². The molecule has 0 aliphatic rings. The molecule has 1 heterocycles. The van der Waals surface area contributed by atoms with Gasteiger partial charge in [0.1, 0.15) is 0 Å². The second kappa shape index (κ2) is 6.38. The van der Waals surface area contributed by atoms with Gasteiger partial charge >= 0.3 is 0 Å². The van der Waals surface area contributed by atoms with Gasteiger partial charge in [-0.15, -0.1) is 11.3 Å². The molecule has 0 nitrogen and oxygen atoms in total. The fourth-order valence-corrected chi connectivity index (χ4v) is 3.51. The van der Waals surface area contributed by atoms with E-state index in [0.717, 1.165) is 0 Å².